The molecule has 1 aromatic rings. The van der Waals surface area contributed by atoms with Gasteiger partial charge < -0.3 is 10.2 Å². The van der Waals surface area contributed by atoms with Crippen LogP contribution in [0.4, 0.5) is 4.39 Å². The van der Waals surface area contributed by atoms with E-state index in [-0.39, 0.29) is 5.82 Å². The monoisotopic (exact) mass is 308 g/mol. The van der Waals surface area contributed by atoms with Gasteiger partial charge in [-0.05, 0) is 62.2 Å². The van der Waals surface area contributed by atoms with E-state index >= 15 is 0 Å². The van der Waals surface area contributed by atoms with Crippen LogP contribution in [0.1, 0.15) is 38.3 Å². The van der Waals surface area contributed by atoms with Gasteiger partial charge in [0.15, 0.2) is 0 Å². The van der Waals surface area contributed by atoms with Gasteiger partial charge in [-0.15, -0.1) is 11.8 Å². The number of thioether (sulfide) groups is 1. The van der Waals surface area contributed by atoms with Gasteiger partial charge in [0.2, 0.25) is 0 Å². The Hall–Kier alpha value is -0.580. The lowest BCUT2D eigenvalue weighted by Gasteiger charge is -2.42. The van der Waals surface area contributed by atoms with Crippen LogP contribution in [-0.4, -0.2) is 36.3 Å². The minimum Gasteiger partial charge on any atom is -0.307 e. The number of hydrogen-bond acceptors (Lipinski definition) is 3. The highest BCUT2D eigenvalue weighted by atomic mass is 32.2. The van der Waals surface area contributed by atoms with Crippen LogP contribution in [-0.2, 0) is 0 Å². The van der Waals surface area contributed by atoms with E-state index in [2.05, 4.69) is 31.1 Å². The molecule has 0 spiro atoms. The number of piperidine rings is 1. The summed E-state index contributed by atoms with van der Waals surface area (Å²) in [5.41, 5.74) is 1.16. The minimum absolute atomic E-state index is 0.118. The number of halogens is 1. The molecule has 0 aliphatic carbocycles. The third-order valence-corrected chi connectivity index (χ3v) is 6.16. The SMILES string of the molecule is CC1CN(C)C(C)CC1NC1CCSc2ccc(F)cc21. The molecule has 21 heavy (non-hydrogen) atoms. The lowest BCUT2D eigenvalue weighted by molar-refractivity contribution is 0.114. The van der Waals surface area contributed by atoms with E-state index in [1.54, 1.807) is 12.1 Å². The lowest BCUT2D eigenvalue weighted by atomic mass is 9.88. The second-order valence-electron chi connectivity index (χ2n) is 6.65. The Labute approximate surface area is 131 Å². The van der Waals surface area contributed by atoms with Gasteiger partial charge in [0.25, 0.3) is 0 Å². The molecule has 4 heteroatoms. The van der Waals surface area contributed by atoms with Crippen molar-refractivity contribution in [3.8, 4) is 0 Å². The molecule has 0 radical (unpaired) electrons. The Balaban J connectivity index is 1.76. The number of benzene rings is 1. The number of nitrogens with one attached hydrogen (secondary N) is 1. The van der Waals surface area contributed by atoms with E-state index in [9.17, 15) is 4.39 Å². The molecule has 4 unspecified atom stereocenters. The zero-order valence-corrected chi connectivity index (χ0v) is 13.9. The molecule has 1 aromatic carbocycles. The molecular weight excluding hydrogens is 283 g/mol. The zero-order valence-electron chi connectivity index (χ0n) is 13.1. The van der Waals surface area contributed by atoms with Gasteiger partial charge in [0, 0.05) is 29.6 Å². The molecule has 116 valence electrons. The normalized spacial score (nSPS) is 33.7. The fourth-order valence-electron chi connectivity index (χ4n) is 3.57. The standard InChI is InChI=1S/C17H25FN2S/c1-11-10-20(3)12(2)8-16(11)19-15-6-7-21-17-5-4-13(18)9-14(15)17/h4-5,9,11-12,15-16,19H,6-8,10H2,1-3H3. The van der Waals surface area contributed by atoms with E-state index < -0.39 is 0 Å². The number of rotatable bonds is 2. The second-order valence-corrected chi connectivity index (χ2v) is 7.78. The Morgan fingerprint density at radius 2 is 2.14 bits per heavy atom. The largest absolute Gasteiger partial charge is 0.307 e. The Morgan fingerprint density at radius 1 is 1.33 bits per heavy atom. The molecule has 0 saturated carbocycles. The molecule has 4 atom stereocenters. The summed E-state index contributed by atoms with van der Waals surface area (Å²) in [5, 5.41) is 3.84. The minimum atomic E-state index is -0.118. The highest BCUT2D eigenvalue weighted by Crippen LogP contribution is 2.37. The van der Waals surface area contributed by atoms with E-state index in [1.807, 2.05) is 17.8 Å². The van der Waals surface area contributed by atoms with Gasteiger partial charge in [-0.3, -0.25) is 0 Å². The highest BCUT2D eigenvalue weighted by molar-refractivity contribution is 7.99. The van der Waals surface area contributed by atoms with Crippen LogP contribution in [0, 0.1) is 11.7 Å². The number of fused-ring (bicyclic) bond motifs is 1. The van der Waals surface area contributed by atoms with Crippen LogP contribution < -0.4 is 5.32 Å². The molecule has 2 nitrogen and oxygen atoms in total. The molecule has 0 aromatic heterocycles. The van der Waals surface area contributed by atoms with Crippen molar-refractivity contribution >= 4 is 11.8 Å². The zero-order chi connectivity index (χ0) is 15.0. The molecule has 2 aliphatic rings. The maximum atomic E-state index is 13.6. The topological polar surface area (TPSA) is 15.3 Å². The first-order valence-electron chi connectivity index (χ1n) is 7.93. The van der Waals surface area contributed by atoms with Crippen LogP contribution in [0.5, 0.6) is 0 Å². The van der Waals surface area contributed by atoms with Crippen LogP contribution >= 0.6 is 11.8 Å². The quantitative estimate of drug-likeness (QED) is 0.897. The van der Waals surface area contributed by atoms with E-state index in [1.165, 1.54) is 11.3 Å². The Kier molecular flexibility index (Phi) is 4.57. The van der Waals surface area contributed by atoms with Gasteiger partial charge >= 0.3 is 0 Å². The second kappa shape index (κ2) is 6.27. The first-order chi connectivity index (χ1) is 10.0. The van der Waals surface area contributed by atoms with E-state index in [0.29, 0.717) is 24.0 Å². The number of nitrogens with zero attached hydrogens (tertiary/aromatic N) is 1. The summed E-state index contributed by atoms with van der Waals surface area (Å²) in [7, 11) is 2.21. The predicted octanol–water partition coefficient (Wildman–Crippen LogP) is 3.68. The summed E-state index contributed by atoms with van der Waals surface area (Å²) >= 11 is 1.85. The third-order valence-electron chi connectivity index (χ3n) is 5.04. The molecule has 0 bridgehead atoms. The molecular formula is C17H25FN2S. The highest BCUT2D eigenvalue weighted by Gasteiger charge is 2.32. The number of hydrogen-bond donors (Lipinski definition) is 1. The predicted molar refractivity (Wildman–Crippen MR) is 87.3 cm³/mol. The third kappa shape index (κ3) is 3.27. The molecule has 2 heterocycles. The summed E-state index contributed by atoms with van der Waals surface area (Å²) < 4.78 is 13.6. The van der Waals surface area contributed by atoms with Crippen molar-refractivity contribution in [2.75, 3.05) is 19.3 Å². The molecule has 2 aliphatic heterocycles. The van der Waals surface area contributed by atoms with Crippen molar-refractivity contribution < 1.29 is 4.39 Å². The summed E-state index contributed by atoms with van der Waals surface area (Å²) in [6.07, 6.45) is 2.26. The van der Waals surface area contributed by atoms with Crippen LogP contribution in [0.25, 0.3) is 0 Å². The molecule has 1 fully saturated rings. The summed E-state index contributed by atoms with van der Waals surface area (Å²) in [6, 6.07) is 6.68. The van der Waals surface area contributed by atoms with Gasteiger partial charge in [0.1, 0.15) is 5.82 Å². The Morgan fingerprint density at radius 3 is 2.95 bits per heavy atom. The van der Waals surface area contributed by atoms with Gasteiger partial charge in [-0.25, -0.2) is 4.39 Å². The van der Waals surface area contributed by atoms with Crippen LogP contribution in [0.3, 0.4) is 0 Å². The van der Waals surface area contributed by atoms with Crippen molar-refractivity contribution in [3.05, 3.63) is 29.6 Å². The first kappa shape index (κ1) is 15.3. The average molecular weight is 308 g/mol. The van der Waals surface area contributed by atoms with Gasteiger partial charge in [-0.1, -0.05) is 6.92 Å². The summed E-state index contributed by atoms with van der Waals surface area (Å²) in [6.45, 7) is 5.76. The summed E-state index contributed by atoms with van der Waals surface area (Å²) in [5.74, 6) is 1.64. The lowest BCUT2D eigenvalue weighted by Crippen LogP contribution is -2.51. The molecule has 1 saturated heterocycles. The summed E-state index contributed by atoms with van der Waals surface area (Å²) in [4.78, 5) is 3.68. The maximum absolute atomic E-state index is 13.6. The van der Waals surface area contributed by atoms with Gasteiger partial charge in [0.05, 0.1) is 0 Å². The van der Waals surface area contributed by atoms with Crippen LogP contribution in [0.2, 0.25) is 0 Å². The van der Waals surface area contributed by atoms with Crippen molar-refractivity contribution in [1.29, 1.82) is 0 Å². The van der Waals surface area contributed by atoms with Crippen molar-refractivity contribution in [2.45, 2.75) is 49.7 Å². The molecule has 0 amide bonds. The first-order valence-corrected chi connectivity index (χ1v) is 8.91. The molecule has 1 N–H and O–H groups in total. The number of likely N-dealkylation sites (tertiary alicyclic amines) is 1. The van der Waals surface area contributed by atoms with E-state index in [0.717, 1.165) is 24.3 Å². The fraction of sp³-hybridized carbons (Fsp3) is 0.647. The molecule has 3 rings (SSSR count). The Bertz CT molecular complexity index is 508. The maximum Gasteiger partial charge on any atom is 0.123 e. The van der Waals surface area contributed by atoms with Crippen molar-refractivity contribution in [3.63, 3.8) is 0 Å². The average Bonchev–Trinajstić information content (AvgIpc) is 2.45. The van der Waals surface area contributed by atoms with Crippen LogP contribution in [0.15, 0.2) is 23.1 Å². The van der Waals surface area contributed by atoms with E-state index in [4.69, 9.17) is 0 Å². The van der Waals surface area contributed by atoms with Gasteiger partial charge in [-0.2, -0.15) is 0 Å². The smallest absolute Gasteiger partial charge is 0.123 e. The van der Waals surface area contributed by atoms with Crippen molar-refractivity contribution in [2.24, 2.45) is 5.92 Å². The van der Waals surface area contributed by atoms with Crippen molar-refractivity contribution in [1.82, 2.24) is 10.2 Å². The fourth-order valence-corrected chi connectivity index (χ4v) is 4.68.